The van der Waals surface area contributed by atoms with E-state index in [9.17, 15) is 14.7 Å². The molecular formula is C12H15NO5. The maximum atomic E-state index is 11.5. The van der Waals surface area contributed by atoms with Gasteiger partial charge in [0.1, 0.15) is 11.4 Å². The molecule has 98 valence electrons. The number of carbonyl (C=O) groups is 2. The fourth-order valence-electron chi connectivity index (χ4n) is 1.24. The van der Waals surface area contributed by atoms with Crippen LogP contribution in [-0.4, -0.2) is 27.9 Å². The Bertz CT molecular complexity index is 476. The minimum absolute atomic E-state index is 0.0169. The van der Waals surface area contributed by atoms with E-state index in [2.05, 4.69) is 5.32 Å². The zero-order chi connectivity index (χ0) is 13.9. The van der Waals surface area contributed by atoms with Gasteiger partial charge < -0.3 is 14.9 Å². The number of anilines is 1. The van der Waals surface area contributed by atoms with E-state index in [0.29, 0.717) is 0 Å². The third-order valence-electron chi connectivity index (χ3n) is 1.87. The number of benzene rings is 1. The topological polar surface area (TPSA) is 95.9 Å². The van der Waals surface area contributed by atoms with E-state index in [0.717, 1.165) is 6.07 Å². The van der Waals surface area contributed by atoms with Crippen LogP contribution in [0.3, 0.4) is 0 Å². The molecule has 6 nitrogen and oxygen atoms in total. The highest BCUT2D eigenvalue weighted by atomic mass is 16.6. The number of ether oxygens (including phenoxy) is 1. The SMILES string of the molecule is CC(C)(C)OC(=O)Nc1cc(O)ccc1C(=O)O. The average Bonchev–Trinajstić information content (AvgIpc) is 2.13. The first-order valence-electron chi connectivity index (χ1n) is 5.25. The zero-order valence-corrected chi connectivity index (χ0v) is 10.4. The molecule has 0 bridgehead atoms. The van der Waals surface area contributed by atoms with Crippen molar-refractivity contribution in [2.75, 3.05) is 5.32 Å². The van der Waals surface area contributed by atoms with Crippen LogP contribution in [0.25, 0.3) is 0 Å². The summed E-state index contributed by atoms with van der Waals surface area (Å²) in [5, 5.41) is 20.5. The van der Waals surface area contributed by atoms with E-state index in [-0.39, 0.29) is 17.0 Å². The summed E-state index contributed by atoms with van der Waals surface area (Å²) in [6.45, 7) is 5.06. The molecule has 3 N–H and O–H groups in total. The Hall–Kier alpha value is -2.24. The molecule has 0 heterocycles. The van der Waals surface area contributed by atoms with Gasteiger partial charge in [-0.25, -0.2) is 9.59 Å². The van der Waals surface area contributed by atoms with Gasteiger partial charge in [-0.05, 0) is 32.9 Å². The van der Waals surface area contributed by atoms with E-state index in [1.165, 1.54) is 12.1 Å². The number of carbonyl (C=O) groups excluding carboxylic acids is 1. The van der Waals surface area contributed by atoms with Gasteiger partial charge in [0.25, 0.3) is 0 Å². The number of phenolic OH excluding ortho intramolecular Hbond substituents is 1. The van der Waals surface area contributed by atoms with E-state index in [4.69, 9.17) is 9.84 Å². The van der Waals surface area contributed by atoms with Crippen molar-refractivity contribution in [2.45, 2.75) is 26.4 Å². The van der Waals surface area contributed by atoms with Gasteiger partial charge in [0.05, 0.1) is 11.3 Å². The summed E-state index contributed by atoms with van der Waals surface area (Å²) >= 11 is 0. The molecule has 0 saturated carbocycles. The Morgan fingerprint density at radius 1 is 1.28 bits per heavy atom. The molecule has 0 atom stereocenters. The summed E-state index contributed by atoms with van der Waals surface area (Å²) < 4.78 is 4.99. The quantitative estimate of drug-likeness (QED) is 0.752. The molecule has 1 amide bonds. The lowest BCUT2D eigenvalue weighted by atomic mass is 10.1. The number of rotatable bonds is 2. The molecule has 6 heteroatoms. The molecule has 0 aliphatic carbocycles. The van der Waals surface area contributed by atoms with E-state index >= 15 is 0 Å². The largest absolute Gasteiger partial charge is 0.508 e. The lowest BCUT2D eigenvalue weighted by Crippen LogP contribution is -2.27. The highest BCUT2D eigenvalue weighted by Gasteiger charge is 2.19. The average molecular weight is 253 g/mol. The maximum Gasteiger partial charge on any atom is 0.412 e. The van der Waals surface area contributed by atoms with Crippen molar-refractivity contribution in [3.63, 3.8) is 0 Å². The molecule has 0 aliphatic heterocycles. The van der Waals surface area contributed by atoms with Crippen LogP contribution in [0.2, 0.25) is 0 Å². The van der Waals surface area contributed by atoms with Crippen LogP contribution in [0.1, 0.15) is 31.1 Å². The summed E-state index contributed by atoms with van der Waals surface area (Å²) in [4.78, 5) is 22.4. The van der Waals surface area contributed by atoms with Crippen LogP contribution in [-0.2, 0) is 4.74 Å². The Kier molecular flexibility index (Phi) is 3.80. The lowest BCUT2D eigenvalue weighted by Gasteiger charge is -2.20. The monoisotopic (exact) mass is 253 g/mol. The van der Waals surface area contributed by atoms with Crippen LogP contribution in [0.5, 0.6) is 5.75 Å². The highest BCUT2D eigenvalue weighted by molar-refractivity contribution is 5.99. The first kappa shape index (κ1) is 13.8. The summed E-state index contributed by atoms with van der Waals surface area (Å²) in [6, 6.07) is 3.57. The highest BCUT2D eigenvalue weighted by Crippen LogP contribution is 2.22. The lowest BCUT2D eigenvalue weighted by molar-refractivity contribution is 0.0636. The van der Waals surface area contributed by atoms with E-state index < -0.39 is 17.7 Å². The molecule has 0 aromatic heterocycles. The fourth-order valence-corrected chi connectivity index (χ4v) is 1.24. The molecule has 0 radical (unpaired) electrons. The number of amides is 1. The second-order valence-electron chi connectivity index (χ2n) is 4.66. The minimum atomic E-state index is -1.21. The van der Waals surface area contributed by atoms with Gasteiger partial charge in [-0.1, -0.05) is 0 Å². The number of carboxylic acid groups (broad SMARTS) is 1. The van der Waals surface area contributed by atoms with Crippen molar-refractivity contribution >= 4 is 17.7 Å². The predicted octanol–water partition coefficient (Wildman–Crippen LogP) is 2.44. The van der Waals surface area contributed by atoms with Gasteiger partial charge in [0, 0.05) is 6.07 Å². The number of hydrogen-bond acceptors (Lipinski definition) is 4. The summed E-state index contributed by atoms with van der Waals surface area (Å²) in [6.07, 6.45) is -0.782. The van der Waals surface area contributed by atoms with E-state index in [1.807, 2.05) is 0 Å². The number of carboxylic acids is 1. The van der Waals surface area contributed by atoms with Crippen molar-refractivity contribution in [3.8, 4) is 5.75 Å². The molecule has 0 aliphatic rings. The number of aromatic hydroxyl groups is 1. The third-order valence-corrected chi connectivity index (χ3v) is 1.87. The molecule has 0 unspecified atom stereocenters. The van der Waals surface area contributed by atoms with Gasteiger partial charge in [0.15, 0.2) is 0 Å². The third kappa shape index (κ3) is 3.97. The van der Waals surface area contributed by atoms with Crippen LogP contribution in [0.4, 0.5) is 10.5 Å². The zero-order valence-electron chi connectivity index (χ0n) is 10.4. The minimum Gasteiger partial charge on any atom is -0.508 e. The molecule has 0 spiro atoms. The van der Waals surface area contributed by atoms with Gasteiger partial charge >= 0.3 is 12.1 Å². The molecule has 1 aromatic carbocycles. The van der Waals surface area contributed by atoms with Crippen LogP contribution in [0, 0.1) is 0 Å². The first-order valence-corrected chi connectivity index (χ1v) is 5.25. The Morgan fingerprint density at radius 2 is 1.89 bits per heavy atom. The second-order valence-corrected chi connectivity index (χ2v) is 4.66. The van der Waals surface area contributed by atoms with Crippen molar-refractivity contribution in [2.24, 2.45) is 0 Å². The molecular weight excluding hydrogens is 238 g/mol. The van der Waals surface area contributed by atoms with E-state index in [1.54, 1.807) is 20.8 Å². The van der Waals surface area contributed by atoms with Crippen molar-refractivity contribution in [1.82, 2.24) is 0 Å². The Labute approximate surface area is 104 Å². The fraction of sp³-hybridized carbons (Fsp3) is 0.333. The molecule has 1 aromatic rings. The van der Waals surface area contributed by atoms with Gasteiger partial charge in [0.2, 0.25) is 0 Å². The Balaban J connectivity index is 2.93. The van der Waals surface area contributed by atoms with Crippen LogP contribution >= 0.6 is 0 Å². The Morgan fingerprint density at radius 3 is 2.39 bits per heavy atom. The van der Waals surface area contributed by atoms with Crippen LogP contribution < -0.4 is 5.32 Å². The number of phenols is 1. The van der Waals surface area contributed by atoms with Crippen molar-refractivity contribution in [1.29, 1.82) is 0 Å². The standard InChI is InChI=1S/C12H15NO5/c1-12(2,3)18-11(17)13-9-6-7(14)4-5-8(9)10(15)16/h4-6,14H,1-3H3,(H,13,17)(H,15,16). The molecule has 0 saturated heterocycles. The summed E-state index contributed by atoms with van der Waals surface area (Å²) in [7, 11) is 0. The summed E-state index contributed by atoms with van der Waals surface area (Å²) in [5.41, 5.74) is -0.833. The van der Waals surface area contributed by atoms with Crippen molar-refractivity contribution in [3.05, 3.63) is 23.8 Å². The predicted molar refractivity (Wildman–Crippen MR) is 64.9 cm³/mol. The second kappa shape index (κ2) is 4.95. The number of aromatic carboxylic acids is 1. The molecule has 1 rings (SSSR count). The normalized spacial score (nSPS) is 10.8. The molecule has 0 fully saturated rings. The smallest absolute Gasteiger partial charge is 0.412 e. The molecule has 18 heavy (non-hydrogen) atoms. The van der Waals surface area contributed by atoms with Crippen LogP contribution in [0.15, 0.2) is 18.2 Å². The van der Waals surface area contributed by atoms with Gasteiger partial charge in [-0.2, -0.15) is 0 Å². The number of nitrogens with one attached hydrogen (secondary N) is 1. The maximum absolute atomic E-state index is 11.5. The number of hydrogen-bond donors (Lipinski definition) is 3. The van der Waals surface area contributed by atoms with Crippen molar-refractivity contribution < 1.29 is 24.5 Å². The summed E-state index contributed by atoms with van der Waals surface area (Å²) in [5.74, 6) is -1.35. The van der Waals surface area contributed by atoms with Gasteiger partial charge in [-0.15, -0.1) is 0 Å². The van der Waals surface area contributed by atoms with Gasteiger partial charge in [-0.3, -0.25) is 5.32 Å². The first-order chi connectivity index (χ1) is 8.19.